The van der Waals surface area contributed by atoms with Crippen LogP contribution in [-0.4, -0.2) is 14.8 Å². The van der Waals surface area contributed by atoms with Crippen LogP contribution in [0.4, 0.5) is 0 Å². The van der Waals surface area contributed by atoms with Gasteiger partial charge in [0.1, 0.15) is 0 Å². The summed E-state index contributed by atoms with van der Waals surface area (Å²) in [6, 6.07) is 14.3. The largest absolute Gasteiger partial charge is 0.255 e. The Labute approximate surface area is 120 Å². The first-order chi connectivity index (χ1) is 9.92. The van der Waals surface area contributed by atoms with Gasteiger partial charge in [0.25, 0.3) is 0 Å². The Morgan fingerprint density at radius 1 is 1.00 bits per heavy atom. The maximum atomic E-state index is 4.51. The van der Waals surface area contributed by atoms with Crippen molar-refractivity contribution in [1.82, 2.24) is 14.8 Å². The van der Waals surface area contributed by atoms with E-state index in [1.807, 2.05) is 35.3 Å². The highest BCUT2D eigenvalue weighted by molar-refractivity contribution is 7.08. The Morgan fingerprint density at radius 2 is 1.90 bits per heavy atom. The minimum Gasteiger partial charge on any atom is -0.255 e. The summed E-state index contributed by atoms with van der Waals surface area (Å²) in [4.78, 5) is 4.51. The zero-order valence-corrected chi connectivity index (χ0v) is 11.4. The first-order valence-corrected chi connectivity index (χ1v) is 7.28. The van der Waals surface area contributed by atoms with Crippen LogP contribution in [0.2, 0.25) is 0 Å². The van der Waals surface area contributed by atoms with Crippen molar-refractivity contribution in [3.63, 3.8) is 0 Å². The van der Waals surface area contributed by atoms with Gasteiger partial charge in [0.05, 0.1) is 23.1 Å². The first-order valence-electron chi connectivity index (χ1n) is 6.33. The molecule has 0 N–H and O–H groups in total. The lowest BCUT2D eigenvalue weighted by Gasteiger charge is -2.04. The zero-order chi connectivity index (χ0) is 13.4. The van der Waals surface area contributed by atoms with Crippen molar-refractivity contribution in [2.24, 2.45) is 0 Å². The molecular weight excluding hydrogens is 266 g/mol. The molecule has 4 aromatic rings. The standard InChI is InChI=1S/C16H11N3S/c1-2-4-14(5-3-1)19-16-8-15(12-6-7-20-11-12)17-9-13(16)10-18-19/h1-11H. The van der Waals surface area contributed by atoms with Crippen LogP contribution in [0, 0.1) is 0 Å². The lowest BCUT2D eigenvalue weighted by atomic mass is 10.2. The van der Waals surface area contributed by atoms with E-state index in [1.165, 1.54) is 0 Å². The quantitative estimate of drug-likeness (QED) is 0.551. The Hall–Kier alpha value is -2.46. The van der Waals surface area contributed by atoms with E-state index in [9.17, 15) is 0 Å². The third-order valence-electron chi connectivity index (χ3n) is 3.27. The fraction of sp³-hybridized carbons (Fsp3) is 0. The number of hydrogen-bond acceptors (Lipinski definition) is 3. The molecule has 0 radical (unpaired) electrons. The van der Waals surface area contributed by atoms with Gasteiger partial charge < -0.3 is 0 Å². The molecule has 1 aromatic carbocycles. The van der Waals surface area contributed by atoms with Gasteiger partial charge in [-0.3, -0.25) is 4.98 Å². The molecule has 0 aliphatic rings. The summed E-state index contributed by atoms with van der Waals surface area (Å²) in [6.07, 6.45) is 3.74. The molecule has 3 aromatic heterocycles. The van der Waals surface area contributed by atoms with Crippen molar-refractivity contribution in [2.45, 2.75) is 0 Å². The van der Waals surface area contributed by atoms with Crippen LogP contribution in [0.3, 0.4) is 0 Å². The van der Waals surface area contributed by atoms with Crippen molar-refractivity contribution in [1.29, 1.82) is 0 Å². The molecule has 4 rings (SSSR count). The molecule has 0 spiro atoms. The first kappa shape index (κ1) is 11.4. The number of benzene rings is 1. The normalized spacial score (nSPS) is 11.0. The Kier molecular flexibility index (Phi) is 2.60. The third kappa shape index (κ3) is 1.82. The fourth-order valence-corrected chi connectivity index (χ4v) is 2.91. The third-order valence-corrected chi connectivity index (χ3v) is 3.95. The van der Waals surface area contributed by atoms with E-state index in [0.29, 0.717) is 0 Å². The van der Waals surface area contributed by atoms with Crippen molar-refractivity contribution >= 4 is 22.2 Å². The van der Waals surface area contributed by atoms with Crippen LogP contribution in [0.1, 0.15) is 0 Å². The number of para-hydroxylation sites is 1. The van der Waals surface area contributed by atoms with Gasteiger partial charge in [-0.1, -0.05) is 18.2 Å². The van der Waals surface area contributed by atoms with Gasteiger partial charge in [-0.05, 0) is 29.6 Å². The van der Waals surface area contributed by atoms with Crippen molar-refractivity contribution < 1.29 is 0 Å². The number of fused-ring (bicyclic) bond motifs is 1. The lowest BCUT2D eigenvalue weighted by molar-refractivity contribution is 0.910. The van der Waals surface area contributed by atoms with Crippen LogP contribution >= 0.6 is 11.3 Å². The molecule has 96 valence electrons. The minimum absolute atomic E-state index is 0.983. The average molecular weight is 277 g/mol. The molecule has 20 heavy (non-hydrogen) atoms. The van der Waals surface area contributed by atoms with E-state index in [-0.39, 0.29) is 0 Å². The number of rotatable bonds is 2. The van der Waals surface area contributed by atoms with Crippen molar-refractivity contribution in [2.75, 3.05) is 0 Å². The van der Waals surface area contributed by atoms with Crippen LogP contribution in [-0.2, 0) is 0 Å². The van der Waals surface area contributed by atoms with E-state index < -0.39 is 0 Å². The molecule has 0 amide bonds. The highest BCUT2D eigenvalue weighted by Gasteiger charge is 2.07. The topological polar surface area (TPSA) is 30.7 Å². The van der Waals surface area contributed by atoms with Gasteiger partial charge in [0.2, 0.25) is 0 Å². The van der Waals surface area contributed by atoms with Crippen LogP contribution < -0.4 is 0 Å². The molecule has 0 atom stereocenters. The van der Waals surface area contributed by atoms with Gasteiger partial charge in [0.15, 0.2) is 0 Å². The van der Waals surface area contributed by atoms with Gasteiger partial charge >= 0.3 is 0 Å². The SMILES string of the molecule is c1ccc(-n2ncc3cnc(-c4ccsc4)cc32)cc1. The second-order valence-corrected chi connectivity index (χ2v) is 5.31. The Morgan fingerprint density at radius 3 is 2.70 bits per heavy atom. The monoisotopic (exact) mass is 277 g/mol. The summed E-state index contributed by atoms with van der Waals surface area (Å²) in [5.74, 6) is 0. The lowest BCUT2D eigenvalue weighted by Crippen LogP contribution is -1.95. The van der Waals surface area contributed by atoms with E-state index in [2.05, 4.69) is 45.1 Å². The molecule has 0 fully saturated rings. The molecule has 0 aliphatic heterocycles. The summed E-state index contributed by atoms with van der Waals surface area (Å²) in [6.45, 7) is 0. The average Bonchev–Trinajstić information content (AvgIpc) is 3.17. The van der Waals surface area contributed by atoms with Crippen LogP contribution in [0.15, 0.2) is 65.6 Å². The Bertz CT molecular complexity index is 848. The molecular formula is C16H11N3S. The fourth-order valence-electron chi connectivity index (χ4n) is 2.26. The van der Waals surface area contributed by atoms with Gasteiger partial charge in [0, 0.05) is 22.5 Å². The number of nitrogens with zero attached hydrogens (tertiary/aromatic N) is 3. The summed E-state index contributed by atoms with van der Waals surface area (Å²) in [5.41, 5.74) is 4.27. The van der Waals surface area contributed by atoms with Gasteiger partial charge in [-0.15, -0.1) is 0 Å². The predicted molar refractivity (Wildman–Crippen MR) is 82.2 cm³/mol. The summed E-state index contributed by atoms with van der Waals surface area (Å²) >= 11 is 1.68. The molecule has 4 heteroatoms. The second kappa shape index (κ2) is 4.58. The maximum absolute atomic E-state index is 4.51. The van der Waals surface area contributed by atoms with E-state index in [0.717, 1.165) is 27.8 Å². The second-order valence-electron chi connectivity index (χ2n) is 4.53. The highest BCUT2D eigenvalue weighted by atomic mass is 32.1. The molecule has 0 saturated carbocycles. The smallest absolute Gasteiger partial charge is 0.0778 e. The summed E-state index contributed by atoms with van der Waals surface area (Å²) in [5, 5.41) is 9.69. The van der Waals surface area contributed by atoms with Gasteiger partial charge in [-0.25, -0.2) is 4.68 Å². The summed E-state index contributed by atoms with van der Waals surface area (Å²) in [7, 11) is 0. The number of thiophene rings is 1. The predicted octanol–water partition coefficient (Wildman–Crippen LogP) is 4.15. The maximum Gasteiger partial charge on any atom is 0.0778 e. The van der Waals surface area contributed by atoms with Crippen molar-refractivity contribution in [3.8, 4) is 16.9 Å². The Balaban J connectivity index is 1.93. The van der Waals surface area contributed by atoms with Gasteiger partial charge in [-0.2, -0.15) is 16.4 Å². The molecule has 0 unspecified atom stereocenters. The van der Waals surface area contributed by atoms with E-state index in [1.54, 1.807) is 11.3 Å². The van der Waals surface area contributed by atoms with E-state index >= 15 is 0 Å². The molecule has 0 aliphatic carbocycles. The van der Waals surface area contributed by atoms with Crippen molar-refractivity contribution in [3.05, 3.63) is 65.6 Å². The van der Waals surface area contributed by atoms with E-state index in [4.69, 9.17) is 0 Å². The number of pyridine rings is 1. The highest BCUT2D eigenvalue weighted by Crippen LogP contribution is 2.25. The van der Waals surface area contributed by atoms with Crippen LogP contribution in [0.25, 0.3) is 27.8 Å². The summed E-state index contributed by atoms with van der Waals surface area (Å²) < 4.78 is 1.95. The number of hydrogen-bond donors (Lipinski definition) is 0. The van der Waals surface area contributed by atoms with Crippen LogP contribution in [0.5, 0.6) is 0 Å². The number of aromatic nitrogens is 3. The molecule has 0 saturated heterocycles. The zero-order valence-electron chi connectivity index (χ0n) is 10.6. The minimum atomic E-state index is 0.983. The molecule has 3 nitrogen and oxygen atoms in total. The molecule has 3 heterocycles. The molecule has 0 bridgehead atoms.